The molecule has 0 aliphatic rings. The van der Waals surface area contributed by atoms with Crippen molar-refractivity contribution < 1.29 is 4.74 Å². The minimum Gasteiger partial charge on any atom is -0.492 e. The number of aryl methyl sites for hydroxylation is 1. The molecule has 25 heavy (non-hydrogen) atoms. The van der Waals surface area contributed by atoms with Crippen molar-refractivity contribution in [2.75, 3.05) is 33.3 Å². The molecule has 0 aliphatic carbocycles. The molecule has 0 bridgehead atoms. The lowest BCUT2D eigenvalue weighted by molar-refractivity contribution is 0.281. The number of rotatable bonds is 9. The Hall–Kier alpha value is -2.08. The summed E-state index contributed by atoms with van der Waals surface area (Å²) in [5.74, 6) is 1.81. The van der Waals surface area contributed by atoms with Crippen molar-refractivity contribution in [1.82, 2.24) is 15.2 Å². The molecule has 5 nitrogen and oxygen atoms in total. The van der Waals surface area contributed by atoms with Gasteiger partial charge in [-0.05, 0) is 25.5 Å². The molecule has 1 aromatic heterocycles. The summed E-state index contributed by atoms with van der Waals surface area (Å²) in [6.45, 7) is 7.22. The molecule has 1 N–H and O–H groups in total. The molecule has 0 radical (unpaired) electrons. The van der Waals surface area contributed by atoms with E-state index in [0.29, 0.717) is 6.61 Å². The summed E-state index contributed by atoms with van der Waals surface area (Å²) < 4.78 is 5.76. The van der Waals surface area contributed by atoms with Gasteiger partial charge in [0, 0.05) is 37.6 Å². The zero-order valence-electron chi connectivity index (χ0n) is 15.4. The first-order chi connectivity index (χ1) is 12.2. The zero-order valence-corrected chi connectivity index (χ0v) is 16.2. The third-order valence-electron chi connectivity index (χ3n) is 3.67. The van der Waals surface area contributed by atoms with Gasteiger partial charge in [-0.25, -0.2) is 4.98 Å². The molecule has 1 heterocycles. The van der Waals surface area contributed by atoms with Crippen LogP contribution in [-0.4, -0.2) is 49.1 Å². The van der Waals surface area contributed by atoms with Gasteiger partial charge in [0.1, 0.15) is 12.4 Å². The number of nitrogens with zero attached hydrogens (tertiary/aromatic N) is 3. The molecule has 0 saturated heterocycles. The maximum absolute atomic E-state index is 5.76. The van der Waals surface area contributed by atoms with E-state index in [0.717, 1.165) is 49.2 Å². The van der Waals surface area contributed by atoms with Crippen LogP contribution in [-0.2, 0) is 12.8 Å². The Morgan fingerprint density at radius 3 is 2.76 bits per heavy atom. The predicted molar refractivity (Wildman–Crippen MR) is 106 cm³/mol. The Labute approximate surface area is 154 Å². The van der Waals surface area contributed by atoms with E-state index in [9.17, 15) is 0 Å². The smallest absolute Gasteiger partial charge is 0.193 e. The normalized spacial score (nSPS) is 11.4. The van der Waals surface area contributed by atoms with E-state index < -0.39 is 0 Å². The molecule has 0 aliphatic heterocycles. The van der Waals surface area contributed by atoms with E-state index in [1.54, 1.807) is 11.3 Å². The first kappa shape index (κ1) is 19.2. The molecule has 0 atom stereocenters. The molecule has 0 fully saturated rings. The molecular formula is C19H28N4OS. The van der Waals surface area contributed by atoms with E-state index in [2.05, 4.69) is 29.0 Å². The minimum atomic E-state index is 0.622. The van der Waals surface area contributed by atoms with Crippen LogP contribution in [0.3, 0.4) is 0 Å². The Balaban J connectivity index is 1.80. The van der Waals surface area contributed by atoms with Crippen molar-refractivity contribution in [3.8, 4) is 5.75 Å². The van der Waals surface area contributed by atoms with Crippen LogP contribution in [0.25, 0.3) is 0 Å². The van der Waals surface area contributed by atoms with Crippen LogP contribution in [0.2, 0.25) is 0 Å². The summed E-state index contributed by atoms with van der Waals surface area (Å²) in [6, 6.07) is 9.89. The first-order valence-electron chi connectivity index (χ1n) is 8.83. The fraction of sp³-hybridized carbons (Fsp3) is 0.474. The monoisotopic (exact) mass is 360 g/mol. The summed E-state index contributed by atoms with van der Waals surface area (Å²) in [7, 11) is 2.04. The van der Waals surface area contributed by atoms with Gasteiger partial charge in [-0.3, -0.25) is 4.99 Å². The predicted octanol–water partition coefficient (Wildman–Crippen LogP) is 3.22. The van der Waals surface area contributed by atoms with Gasteiger partial charge in [0.25, 0.3) is 0 Å². The van der Waals surface area contributed by atoms with Crippen molar-refractivity contribution in [1.29, 1.82) is 0 Å². The molecule has 2 rings (SSSR count). The number of para-hydroxylation sites is 1. The molecule has 0 unspecified atom stereocenters. The molecule has 136 valence electrons. The second-order valence-electron chi connectivity index (χ2n) is 5.64. The number of likely N-dealkylation sites (N-methyl/N-ethyl adjacent to an activating group) is 1. The lowest BCUT2D eigenvalue weighted by atomic mass is 10.3. The van der Waals surface area contributed by atoms with Crippen LogP contribution >= 0.6 is 11.3 Å². The standard InChI is InChI=1S/C19H28N4OS/c1-4-17-15-22-18(25-17)11-12-21-19(20-5-2)23(3)13-14-24-16-9-7-6-8-10-16/h6-10,15H,4-5,11-14H2,1-3H3,(H,20,21). The van der Waals surface area contributed by atoms with Crippen molar-refractivity contribution in [3.05, 3.63) is 46.4 Å². The van der Waals surface area contributed by atoms with Crippen LogP contribution in [0, 0.1) is 0 Å². The van der Waals surface area contributed by atoms with E-state index in [-0.39, 0.29) is 0 Å². The third-order valence-corrected chi connectivity index (χ3v) is 4.87. The summed E-state index contributed by atoms with van der Waals surface area (Å²) in [6.07, 6.45) is 3.91. The molecule has 6 heteroatoms. The van der Waals surface area contributed by atoms with Crippen LogP contribution in [0.1, 0.15) is 23.7 Å². The topological polar surface area (TPSA) is 49.8 Å². The number of hydrogen-bond donors (Lipinski definition) is 1. The third kappa shape index (κ3) is 6.74. The van der Waals surface area contributed by atoms with Gasteiger partial charge in [0.05, 0.1) is 11.6 Å². The van der Waals surface area contributed by atoms with E-state index >= 15 is 0 Å². The van der Waals surface area contributed by atoms with Crippen molar-refractivity contribution in [2.24, 2.45) is 4.99 Å². The summed E-state index contributed by atoms with van der Waals surface area (Å²) in [5, 5.41) is 4.50. The minimum absolute atomic E-state index is 0.622. The Bertz CT molecular complexity index is 642. The molecule has 1 aromatic carbocycles. The van der Waals surface area contributed by atoms with Crippen molar-refractivity contribution in [2.45, 2.75) is 26.7 Å². The average Bonchev–Trinajstić information content (AvgIpc) is 3.10. The first-order valence-corrected chi connectivity index (χ1v) is 9.65. The van der Waals surface area contributed by atoms with E-state index in [1.807, 2.05) is 43.6 Å². The molecule has 0 spiro atoms. The number of thiazole rings is 1. The fourth-order valence-corrected chi connectivity index (χ4v) is 3.13. The van der Waals surface area contributed by atoms with E-state index in [1.165, 1.54) is 4.88 Å². The number of aliphatic imine (C=N–C) groups is 1. The fourth-order valence-electron chi connectivity index (χ4n) is 2.28. The van der Waals surface area contributed by atoms with Gasteiger partial charge in [-0.15, -0.1) is 11.3 Å². The summed E-state index contributed by atoms with van der Waals surface area (Å²) in [4.78, 5) is 12.6. The second kappa shape index (κ2) is 10.7. The molecular weight excluding hydrogens is 332 g/mol. The number of aromatic nitrogens is 1. The lowest BCUT2D eigenvalue weighted by Crippen LogP contribution is -2.41. The number of nitrogens with one attached hydrogen (secondary N) is 1. The average molecular weight is 361 g/mol. The van der Waals surface area contributed by atoms with Crippen LogP contribution < -0.4 is 10.1 Å². The number of guanidine groups is 1. The highest BCUT2D eigenvalue weighted by molar-refractivity contribution is 7.11. The van der Waals surface area contributed by atoms with Gasteiger partial charge in [0.2, 0.25) is 0 Å². The Morgan fingerprint density at radius 2 is 2.08 bits per heavy atom. The quantitative estimate of drug-likeness (QED) is 0.551. The largest absolute Gasteiger partial charge is 0.492 e. The van der Waals surface area contributed by atoms with Gasteiger partial charge >= 0.3 is 0 Å². The summed E-state index contributed by atoms with van der Waals surface area (Å²) >= 11 is 1.78. The second-order valence-corrected chi connectivity index (χ2v) is 6.84. The van der Waals surface area contributed by atoms with E-state index in [4.69, 9.17) is 9.73 Å². The lowest BCUT2D eigenvalue weighted by Gasteiger charge is -2.22. The van der Waals surface area contributed by atoms with Gasteiger partial charge in [-0.1, -0.05) is 25.1 Å². The number of benzene rings is 1. The molecule has 0 saturated carbocycles. The number of hydrogen-bond acceptors (Lipinski definition) is 4. The van der Waals surface area contributed by atoms with Crippen molar-refractivity contribution in [3.63, 3.8) is 0 Å². The van der Waals surface area contributed by atoms with Crippen LogP contribution in [0.5, 0.6) is 5.75 Å². The Morgan fingerprint density at radius 1 is 1.28 bits per heavy atom. The highest BCUT2D eigenvalue weighted by atomic mass is 32.1. The maximum atomic E-state index is 5.76. The zero-order chi connectivity index (χ0) is 17.9. The van der Waals surface area contributed by atoms with Gasteiger partial charge in [0.15, 0.2) is 5.96 Å². The number of ether oxygens (including phenoxy) is 1. The highest BCUT2D eigenvalue weighted by Crippen LogP contribution is 2.13. The van der Waals surface area contributed by atoms with Gasteiger partial charge < -0.3 is 15.0 Å². The molecule has 0 amide bonds. The Kier molecular flexibility index (Phi) is 8.25. The summed E-state index contributed by atoms with van der Waals surface area (Å²) in [5.41, 5.74) is 0. The van der Waals surface area contributed by atoms with Gasteiger partial charge in [-0.2, -0.15) is 0 Å². The van der Waals surface area contributed by atoms with Crippen molar-refractivity contribution >= 4 is 17.3 Å². The highest BCUT2D eigenvalue weighted by Gasteiger charge is 2.06. The molecule has 2 aromatic rings. The van der Waals surface area contributed by atoms with Crippen LogP contribution in [0.4, 0.5) is 0 Å². The SMILES string of the molecule is CCNC(=NCCc1ncc(CC)s1)N(C)CCOc1ccccc1. The maximum Gasteiger partial charge on any atom is 0.193 e. The van der Waals surface area contributed by atoms with Crippen LogP contribution in [0.15, 0.2) is 41.5 Å².